The van der Waals surface area contributed by atoms with Gasteiger partial charge in [0.05, 0.1) is 0 Å². The van der Waals surface area contributed by atoms with Crippen LogP contribution in [-0.2, 0) is 10.8 Å². The van der Waals surface area contributed by atoms with E-state index in [0.29, 0.717) is 5.46 Å². The predicted octanol–water partition coefficient (Wildman–Crippen LogP) is 32.9. The third kappa shape index (κ3) is 12.4. The molecule has 0 amide bonds. The van der Waals surface area contributed by atoms with Gasteiger partial charge in [0, 0.05) is 15.3 Å². The summed E-state index contributed by atoms with van der Waals surface area (Å²) in [7, 11) is -1.53. The highest BCUT2D eigenvalue weighted by Gasteiger charge is 2.44. The van der Waals surface area contributed by atoms with Gasteiger partial charge in [-0.25, -0.2) is 0 Å². The lowest BCUT2D eigenvalue weighted by molar-refractivity contribution is 0.426. The first kappa shape index (κ1) is 77.9. The van der Waals surface area contributed by atoms with Crippen LogP contribution in [0.25, 0.3) is 208 Å². The van der Waals surface area contributed by atoms with Gasteiger partial charge in [-0.1, -0.05) is 414 Å². The minimum Gasteiger partial charge on any atom is -0.423 e. The van der Waals surface area contributed by atoms with Crippen LogP contribution in [0, 0.1) is 0 Å². The van der Waals surface area contributed by atoms with E-state index in [9.17, 15) is 10.0 Å². The van der Waals surface area contributed by atoms with E-state index in [4.69, 9.17) is 0 Å². The van der Waals surface area contributed by atoms with Gasteiger partial charge in [0.25, 0.3) is 0 Å². The molecular formula is C122H90BBrO2. The Balaban J connectivity index is 0.000000123. The van der Waals surface area contributed by atoms with Gasteiger partial charge in [-0.3, -0.25) is 0 Å². The lowest BCUT2D eigenvalue weighted by Crippen LogP contribution is -2.31. The quantitative estimate of drug-likeness (QED) is 0.0945. The molecule has 126 heavy (non-hydrogen) atoms. The smallest absolute Gasteiger partial charge is 0.423 e. The van der Waals surface area contributed by atoms with Gasteiger partial charge in [0.15, 0.2) is 0 Å². The third-order valence-corrected chi connectivity index (χ3v) is 28.7. The van der Waals surface area contributed by atoms with Crippen molar-refractivity contribution in [2.24, 2.45) is 0 Å². The molecule has 0 unspecified atom stereocenters. The molecule has 24 rings (SSSR count). The molecule has 0 bridgehead atoms. The number of rotatable bonds is 12. The van der Waals surface area contributed by atoms with Crippen molar-refractivity contribution in [3.8, 4) is 100 Å². The van der Waals surface area contributed by atoms with Gasteiger partial charge in [0.2, 0.25) is 0 Å². The second-order valence-corrected chi connectivity index (χ2v) is 35.0. The molecule has 0 aromatic heterocycles. The average Bonchev–Trinajstić information content (AvgIpc) is 1.52. The van der Waals surface area contributed by atoms with Crippen LogP contribution in [0.2, 0.25) is 0 Å². The molecule has 0 fully saturated rings. The van der Waals surface area contributed by atoms with Gasteiger partial charge in [-0.15, -0.1) is 0 Å². The normalized spacial score (nSPS) is 12.8. The van der Waals surface area contributed by atoms with Crippen molar-refractivity contribution < 1.29 is 10.0 Å². The Kier molecular flexibility index (Phi) is 19.7. The SMILES string of the molecule is CCC1(CC)c2cc(-c3c4ccccc4c(-c4cccc5ccccc45)c4ccccc34)ccc2-c2cc3c(-c4ccccc4)c4ccccc4c(-c4ccccc4)c3cc21.CCC1(CC)c2cc(Br)ccc2-c2cc3c(-c4ccccc4)c4ccccc4c(-c4ccccc4)c3cc21.OB(O)c1c2ccccc2c(-c2cccc3ccccc23)c2ccccc12. The van der Waals surface area contributed by atoms with Crippen molar-refractivity contribution in [3.05, 3.63) is 439 Å². The molecule has 0 heterocycles. The Morgan fingerprint density at radius 3 is 0.786 bits per heavy atom. The van der Waals surface area contributed by atoms with Crippen molar-refractivity contribution >= 4 is 136 Å². The summed E-state index contributed by atoms with van der Waals surface area (Å²) in [5, 5.41) is 44.6. The molecular weight excluding hydrogens is 1590 g/mol. The highest BCUT2D eigenvalue weighted by atomic mass is 79.9. The molecule has 22 aromatic carbocycles. The molecule has 2 N–H and O–H groups in total. The van der Waals surface area contributed by atoms with E-state index in [2.05, 4.69) is 414 Å². The van der Waals surface area contributed by atoms with E-state index >= 15 is 0 Å². The first-order valence-electron chi connectivity index (χ1n) is 44.5. The first-order chi connectivity index (χ1) is 62.1. The number of fused-ring (bicyclic) bond motifs is 16. The van der Waals surface area contributed by atoms with Crippen molar-refractivity contribution in [3.63, 3.8) is 0 Å². The van der Waals surface area contributed by atoms with Crippen LogP contribution in [-0.4, -0.2) is 17.2 Å². The summed E-state index contributed by atoms with van der Waals surface area (Å²) in [5.74, 6) is 0. The Labute approximate surface area is 744 Å². The molecule has 600 valence electrons. The maximum Gasteiger partial charge on any atom is 0.489 e. The number of hydrogen-bond donors (Lipinski definition) is 2. The monoisotopic (exact) mass is 1680 g/mol. The van der Waals surface area contributed by atoms with Crippen molar-refractivity contribution in [1.82, 2.24) is 0 Å². The summed E-state index contributed by atoms with van der Waals surface area (Å²) in [6, 6.07) is 151. The number of benzene rings is 22. The fourth-order valence-electron chi connectivity index (χ4n) is 22.5. The Bertz CT molecular complexity index is 7980. The van der Waals surface area contributed by atoms with E-state index in [1.165, 1.54) is 197 Å². The fourth-order valence-corrected chi connectivity index (χ4v) is 22.8. The Morgan fingerprint density at radius 1 is 0.198 bits per heavy atom. The molecule has 0 atom stereocenters. The Morgan fingerprint density at radius 2 is 0.452 bits per heavy atom. The average molecular weight is 1680 g/mol. The zero-order valence-electron chi connectivity index (χ0n) is 70.9. The summed E-state index contributed by atoms with van der Waals surface area (Å²) < 4.78 is 1.15. The van der Waals surface area contributed by atoms with E-state index in [1.807, 2.05) is 42.5 Å². The van der Waals surface area contributed by atoms with Crippen molar-refractivity contribution in [2.75, 3.05) is 0 Å². The lowest BCUT2D eigenvalue weighted by atomic mass is 9.72. The van der Waals surface area contributed by atoms with Gasteiger partial charge >= 0.3 is 7.12 Å². The highest BCUT2D eigenvalue weighted by Crippen LogP contribution is 2.60. The van der Waals surface area contributed by atoms with E-state index < -0.39 is 7.12 Å². The van der Waals surface area contributed by atoms with E-state index in [0.717, 1.165) is 62.8 Å². The maximum absolute atomic E-state index is 10.1. The molecule has 2 nitrogen and oxygen atoms in total. The molecule has 2 aliphatic carbocycles. The summed E-state index contributed by atoms with van der Waals surface area (Å²) in [6.45, 7) is 9.50. The number of hydrogen-bond acceptors (Lipinski definition) is 2. The Hall–Kier alpha value is -14.1. The minimum atomic E-state index is -1.53. The maximum atomic E-state index is 10.1. The van der Waals surface area contributed by atoms with Crippen LogP contribution in [0.3, 0.4) is 0 Å². The molecule has 0 aliphatic heterocycles. The largest absolute Gasteiger partial charge is 0.489 e. The standard InChI is InChI=1S/C61H44.C37H29Br.C24H17BO2/c1-3-61(4-2)55-36-42(59-48-29-15-17-31-50(48)60(51-32-18-16-30-49(51)59)45-33-19-25-39-20-11-12-26-43(39)45)34-35-44(55)52-37-53-54(38-56(52)61)58(41-23-9-6-10-24-41)47-28-14-13-27-46(47)57(53)40-21-7-5-8-22-40;1-3-37(4-2)33-21-26(38)19-20-27(33)30-22-31-32(23-34(30)37)36(25-15-9-6-10-16-25)29-18-12-11-17-28(29)35(31)24-13-7-5-8-14-24;26-25(27)24-21-13-5-3-11-19(21)23(20-12-4-6-14-22(20)24)18-15-7-9-16-8-1-2-10-17(16)18/h5-38H,3-4H2,1-2H3;5-23H,3-4H2,1-2H3;1-15,26-27H. The topological polar surface area (TPSA) is 40.5 Å². The molecule has 4 heteroatoms. The molecule has 22 aromatic rings. The summed E-state index contributed by atoms with van der Waals surface area (Å²) in [5.41, 5.74) is 29.5. The molecule has 0 radical (unpaired) electrons. The zero-order chi connectivity index (χ0) is 84.9. The highest BCUT2D eigenvalue weighted by molar-refractivity contribution is 9.10. The molecule has 0 spiro atoms. The van der Waals surface area contributed by atoms with Gasteiger partial charge in [0.1, 0.15) is 0 Å². The molecule has 0 saturated heterocycles. The van der Waals surface area contributed by atoms with Crippen LogP contribution in [0.4, 0.5) is 0 Å². The van der Waals surface area contributed by atoms with Crippen LogP contribution in [0.1, 0.15) is 75.6 Å². The summed E-state index contributed by atoms with van der Waals surface area (Å²) >= 11 is 3.78. The molecule has 0 saturated carbocycles. The van der Waals surface area contributed by atoms with E-state index in [-0.39, 0.29) is 10.8 Å². The summed E-state index contributed by atoms with van der Waals surface area (Å²) in [4.78, 5) is 0. The van der Waals surface area contributed by atoms with Crippen molar-refractivity contribution in [1.29, 1.82) is 0 Å². The minimum absolute atomic E-state index is 0.00908. The van der Waals surface area contributed by atoms with Gasteiger partial charge in [-0.05, 0) is 304 Å². The number of halogens is 1. The van der Waals surface area contributed by atoms with Crippen LogP contribution < -0.4 is 5.46 Å². The second-order valence-electron chi connectivity index (χ2n) is 34.1. The van der Waals surface area contributed by atoms with Crippen LogP contribution in [0.5, 0.6) is 0 Å². The predicted molar refractivity (Wildman–Crippen MR) is 544 cm³/mol. The zero-order valence-corrected chi connectivity index (χ0v) is 72.5. The second kappa shape index (κ2) is 31.9. The van der Waals surface area contributed by atoms with Crippen molar-refractivity contribution in [2.45, 2.75) is 64.2 Å². The van der Waals surface area contributed by atoms with Gasteiger partial charge in [-0.2, -0.15) is 0 Å². The fraction of sp³-hybridized carbons (Fsp3) is 0.0820. The van der Waals surface area contributed by atoms with Gasteiger partial charge < -0.3 is 10.0 Å². The molecule has 2 aliphatic rings. The van der Waals surface area contributed by atoms with E-state index in [1.54, 1.807) is 0 Å². The lowest BCUT2D eigenvalue weighted by Gasteiger charge is -2.31. The summed E-state index contributed by atoms with van der Waals surface area (Å²) in [6.07, 6.45) is 4.18. The van der Waals surface area contributed by atoms with Crippen LogP contribution in [0.15, 0.2) is 417 Å². The first-order valence-corrected chi connectivity index (χ1v) is 45.3. The third-order valence-electron chi connectivity index (χ3n) is 28.2. The van der Waals surface area contributed by atoms with Crippen LogP contribution >= 0.6 is 15.9 Å².